The first kappa shape index (κ1) is 33.0. The molecule has 0 bridgehead atoms. The van der Waals surface area contributed by atoms with Gasteiger partial charge in [-0.1, -0.05) is 60.8 Å². The van der Waals surface area contributed by atoms with Gasteiger partial charge in [-0.2, -0.15) is 16.6 Å². The van der Waals surface area contributed by atoms with Crippen LogP contribution in [0.4, 0.5) is 5.13 Å². The van der Waals surface area contributed by atoms with E-state index in [2.05, 4.69) is 27.8 Å². The summed E-state index contributed by atoms with van der Waals surface area (Å²) in [6.07, 6.45) is 1.84. The normalized spacial score (nSPS) is 12.2. The molecule has 0 spiro atoms. The Bertz CT molecular complexity index is 2030. The number of rotatable bonds is 12. The molecule has 242 valence electrons. The smallest absolute Gasteiger partial charge is 0.355 e. The SMILES string of the molecule is C=C(NC(=O)c1cccc2c1CN(c1nc(C(=O)O)c(CCCOc3ccc(-c4cscc4C#N)cc3)s1)CC2)Sc1ccccc1C. The lowest BCUT2D eigenvalue weighted by atomic mass is 9.94. The predicted octanol–water partition coefficient (Wildman–Crippen LogP) is 8.32. The number of aromatic nitrogens is 1. The molecule has 1 amide bonds. The fraction of sp³-hybridized carbons (Fsp3) is 0.189. The third-order valence-electron chi connectivity index (χ3n) is 8.02. The number of carboxylic acid groups (broad SMARTS) is 1. The largest absolute Gasteiger partial charge is 0.494 e. The number of carbonyl (C=O) groups excluding carboxylic acids is 1. The molecule has 6 rings (SSSR count). The Balaban J connectivity index is 1.08. The molecule has 1 aliphatic rings. The number of benzene rings is 3. The maximum Gasteiger partial charge on any atom is 0.355 e. The fourth-order valence-corrected chi connectivity index (χ4v) is 8.24. The Labute approximate surface area is 291 Å². The van der Waals surface area contributed by atoms with Gasteiger partial charge in [0, 0.05) is 39.4 Å². The van der Waals surface area contributed by atoms with Gasteiger partial charge < -0.3 is 20.1 Å². The second-order valence-corrected chi connectivity index (χ2v) is 14.2. The van der Waals surface area contributed by atoms with Gasteiger partial charge in [0.1, 0.15) is 11.8 Å². The van der Waals surface area contributed by atoms with E-state index in [-0.39, 0.29) is 11.6 Å². The predicted molar refractivity (Wildman–Crippen MR) is 192 cm³/mol. The lowest BCUT2D eigenvalue weighted by Gasteiger charge is -2.30. The second-order valence-electron chi connectivity index (χ2n) is 11.2. The third-order valence-corrected chi connectivity index (χ3v) is 11.0. The maximum absolute atomic E-state index is 13.4. The highest BCUT2D eigenvalue weighted by atomic mass is 32.2. The summed E-state index contributed by atoms with van der Waals surface area (Å²) in [6.45, 7) is 7.61. The lowest BCUT2D eigenvalue weighted by Crippen LogP contribution is -2.33. The van der Waals surface area contributed by atoms with Crippen molar-refractivity contribution >= 4 is 51.4 Å². The fourth-order valence-electron chi connectivity index (χ4n) is 5.55. The number of ether oxygens (including phenoxy) is 1. The van der Waals surface area contributed by atoms with E-state index in [0.717, 1.165) is 32.7 Å². The van der Waals surface area contributed by atoms with Crippen molar-refractivity contribution in [3.8, 4) is 22.9 Å². The van der Waals surface area contributed by atoms with Gasteiger partial charge in [0.2, 0.25) is 0 Å². The molecule has 0 aliphatic carbocycles. The number of nitriles is 1. The van der Waals surface area contributed by atoms with Crippen LogP contribution in [0, 0.1) is 18.3 Å². The molecular formula is C37H32N4O4S3. The highest BCUT2D eigenvalue weighted by Crippen LogP contribution is 2.34. The van der Waals surface area contributed by atoms with Gasteiger partial charge in [-0.25, -0.2) is 9.78 Å². The van der Waals surface area contributed by atoms with E-state index >= 15 is 0 Å². The van der Waals surface area contributed by atoms with Crippen LogP contribution in [0.3, 0.4) is 0 Å². The van der Waals surface area contributed by atoms with Gasteiger partial charge in [-0.15, -0.1) is 11.3 Å². The summed E-state index contributed by atoms with van der Waals surface area (Å²) < 4.78 is 5.94. The number of nitrogens with zero attached hydrogens (tertiary/aromatic N) is 3. The van der Waals surface area contributed by atoms with Crippen molar-refractivity contribution < 1.29 is 19.4 Å². The van der Waals surface area contributed by atoms with E-state index in [1.165, 1.54) is 34.4 Å². The van der Waals surface area contributed by atoms with Crippen molar-refractivity contribution in [2.45, 2.75) is 37.6 Å². The summed E-state index contributed by atoms with van der Waals surface area (Å²) in [5.41, 5.74) is 6.27. The van der Waals surface area contributed by atoms with E-state index in [4.69, 9.17) is 4.74 Å². The average Bonchev–Trinajstić information content (AvgIpc) is 3.75. The summed E-state index contributed by atoms with van der Waals surface area (Å²) in [5, 5.41) is 27.2. The van der Waals surface area contributed by atoms with Crippen LogP contribution in [0.1, 0.15) is 54.4 Å². The zero-order valence-corrected chi connectivity index (χ0v) is 28.6. The zero-order chi connectivity index (χ0) is 33.6. The lowest BCUT2D eigenvalue weighted by molar-refractivity contribution is 0.0689. The molecule has 1 aliphatic heterocycles. The first-order valence-electron chi connectivity index (χ1n) is 15.3. The summed E-state index contributed by atoms with van der Waals surface area (Å²) in [7, 11) is 0. The van der Waals surface area contributed by atoms with Crippen molar-refractivity contribution in [3.05, 3.63) is 127 Å². The average molecular weight is 693 g/mol. The van der Waals surface area contributed by atoms with E-state index in [1.807, 2.05) is 84.4 Å². The van der Waals surface area contributed by atoms with E-state index in [0.29, 0.717) is 70.9 Å². The number of anilines is 1. The summed E-state index contributed by atoms with van der Waals surface area (Å²) in [4.78, 5) is 33.9. The molecule has 2 N–H and O–H groups in total. The van der Waals surface area contributed by atoms with Crippen molar-refractivity contribution in [1.82, 2.24) is 10.3 Å². The molecule has 48 heavy (non-hydrogen) atoms. The molecule has 3 heterocycles. The van der Waals surface area contributed by atoms with Crippen molar-refractivity contribution in [3.63, 3.8) is 0 Å². The molecule has 0 saturated heterocycles. The summed E-state index contributed by atoms with van der Waals surface area (Å²) in [6, 6.07) is 23.5. The maximum atomic E-state index is 13.4. The number of carbonyl (C=O) groups is 2. The minimum absolute atomic E-state index is 0.0600. The van der Waals surface area contributed by atoms with Crippen molar-refractivity contribution in [1.29, 1.82) is 5.26 Å². The molecule has 3 aromatic carbocycles. The molecule has 11 heteroatoms. The second kappa shape index (κ2) is 14.9. The molecule has 0 fully saturated rings. The van der Waals surface area contributed by atoms with Crippen LogP contribution in [-0.4, -0.2) is 35.1 Å². The van der Waals surface area contributed by atoms with E-state index < -0.39 is 5.97 Å². The number of amides is 1. The molecule has 0 atom stereocenters. The van der Waals surface area contributed by atoms with E-state index in [1.54, 1.807) is 0 Å². The van der Waals surface area contributed by atoms with Gasteiger partial charge in [-0.05, 0) is 78.1 Å². The number of thioether (sulfide) groups is 1. The number of thiazole rings is 1. The number of carboxylic acids is 1. The molecule has 0 radical (unpaired) electrons. The highest BCUT2D eigenvalue weighted by molar-refractivity contribution is 8.03. The van der Waals surface area contributed by atoms with Crippen LogP contribution in [0.5, 0.6) is 5.75 Å². The zero-order valence-electron chi connectivity index (χ0n) is 26.2. The Hall–Kier alpha value is -4.89. The number of hydrogen-bond acceptors (Lipinski definition) is 9. The number of fused-ring (bicyclic) bond motifs is 1. The number of aryl methyl sites for hydroxylation is 2. The van der Waals surface area contributed by atoms with Crippen LogP contribution in [-0.2, 0) is 19.4 Å². The Morgan fingerprint density at radius 1 is 1.12 bits per heavy atom. The highest BCUT2D eigenvalue weighted by Gasteiger charge is 2.26. The minimum Gasteiger partial charge on any atom is -0.494 e. The van der Waals surface area contributed by atoms with Crippen LogP contribution >= 0.6 is 34.4 Å². The van der Waals surface area contributed by atoms with Gasteiger partial charge in [0.15, 0.2) is 10.8 Å². The third kappa shape index (κ3) is 7.47. The number of nitrogens with one attached hydrogen (secondary N) is 1. The Morgan fingerprint density at radius 3 is 2.71 bits per heavy atom. The molecule has 8 nitrogen and oxygen atoms in total. The first-order chi connectivity index (χ1) is 23.3. The number of hydrogen-bond donors (Lipinski definition) is 2. The molecular weight excluding hydrogens is 661 g/mol. The molecule has 2 aromatic heterocycles. The van der Waals surface area contributed by atoms with Gasteiger partial charge in [0.05, 0.1) is 17.2 Å². The molecule has 5 aromatic rings. The van der Waals surface area contributed by atoms with E-state index in [9.17, 15) is 20.0 Å². The number of thiophene rings is 1. The quantitative estimate of drug-likeness (QED) is 0.0991. The van der Waals surface area contributed by atoms with Crippen molar-refractivity contribution in [2.75, 3.05) is 18.1 Å². The minimum atomic E-state index is -1.06. The summed E-state index contributed by atoms with van der Waals surface area (Å²) in [5.74, 6) is -0.574. The number of aromatic carboxylic acids is 1. The molecule has 0 saturated carbocycles. The van der Waals surface area contributed by atoms with Gasteiger partial charge in [-0.3, -0.25) is 4.79 Å². The standard InChI is InChI=1S/C37H32N4O4S3/c1-23-7-3-4-10-32(23)47-24(2)39-35(42)29-9-5-8-25-16-17-41(20-30(25)29)37-40-34(36(43)44)33(48-37)11-6-18-45-28-14-12-26(13-15-28)31-22-46-21-27(31)19-38/h3-5,7-10,12-15,21-22H,2,6,11,16-18,20H2,1H3,(H,39,42)(H,43,44). The monoisotopic (exact) mass is 692 g/mol. The van der Waals surface area contributed by atoms with Crippen molar-refractivity contribution in [2.24, 2.45) is 0 Å². The Kier molecular flexibility index (Phi) is 10.3. The molecule has 0 unspecified atom stereocenters. The Morgan fingerprint density at radius 2 is 1.94 bits per heavy atom. The van der Waals surface area contributed by atoms with Crippen LogP contribution in [0.15, 0.2) is 94.0 Å². The van der Waals surface area contributed by atoms with Gasteiger partial charge >= 0.3 is 5.97 Å². The first-order valence-corrected chi connectivity index (χ1v) is 17.9. The van der Waals surface area contributed by atoms with Crippen LogP contribution in [0.2, 0.25) is 0 Å². The summed E-state index contributed by atoms with van der Waals surface area (Å²) >= 11 is 4.30. The van der Waals surface area contributed by atoms with Crippen LogP contribution in [0.25, 0.3) is 11.1 Å². The van der Waals surface area contributed by atoms with Crippen LogP contribution < -0.4 is 15.0 Å². The van der Waals surface area contributed by atoms with Gasteiger partial charge in [0.25, 0.3) is 5.91 Å². The topological polar surface area (TPSA) is 116 Å².